The van der Waals surface area contributed by atoms with Gasteiger partial charge in [0.25, 0.3) is 0 Å². The summed E-state index contributed by atoms with van der Waals surface area (Å²) in [5.74, 6) is -3.76. The molecule has 0 aliphatic carbocycles. The molecule has 0 aliphatic heterocycles. The van der Waals surface area contributed by atoms with E-state index in [1.54, 1.807) is 0 Å². The number of aliphatic carboxylic acids is 1. The molecule has 0 aromatic rings. The van der Waals surface area contributed by atoms with E-state index in [1.165, 1.54) is 0 Å². The number of carboxylic acid groups (broad SMARTS) is 1. The van der Waals surface area contributed by atoms with Crippen molar-refractivity contribution in [1.82, 2.24) is 0 Å². The second-order valence-electron chi connectivity index (χ2n) is 3.19. The Morgan fingerprint density at radius 2 is 1.74 bits per heavy atom. The van der Waals surface area contributed by atoms with Gasteiger partial charge in [0.05, 0.1) is 7.11 Å². The van der Waals surface area contributed by atoms with Crippen molar-refractivity contribution in [3.63, 3.8) is 0 Å². The van der Waals surface area contributed by atoms with Crippen LogP contribution in [0.15, 0.2) is 12.2 Å². The fraction of sp³-hybridized carbons (Fsp3) is 0.400. The second-order valence-corrected chi connectivity index (χ2v) is 3.19. The lowest BCUT2D eigenvalue weighted by atomic mass is 10.2. The van der Waals surface area contributed by atoms with Gasteiger partial charge >= 0.3 is 23.9 Å². The molecule has 9 nitrogen and oxygen atoms in total. The lowest BCUT2D eigenvalue weighted by molar-refractivity contribution is -0.407. The summed E-state index contributed by atoms with van der Waals surface area (Å²) in [5, 5.41) is 8.48. The smallest absolute Gasteiger partial charge is 0.362 e. The molecule has 0 rings (SSSR count). The molecule has 0 amide bonds. The Morgan fingerprint density at radius 1 is 1.16 bits per heavy atom. The van der Waals surface area contributed by atoms with Crippen molar-refractivity contribution in [2.75, 3.05) is 13.9 Å². The van der Waals surface area contributed by atoms with Gasteiger partial charge in [0.2, 0.25) is 6.79 Å². The normalized spacial score (nSPS) is 11.7. The number of rotatable bonds is 7. The minimum Gasteiger partial charge on any atom is -0.477 e. The van der Waals surface area contributed by atoms with E-state index >= 15 is 0 Å². The molecule has 106 valence electrons. The summed E-state index contributed by atoms with van der Waals surface area (Å²) >= 11 is 0. The predicted octanol–water partition coefficient (Wildman–Crippen LogP) is -2.16. The van der Waals surface area contributed by atoms with Gasteiger partial charge in [0.1, 0.15) is 6.42 Å². The third-order valence-electron chi connectivity index (χ3n) is 1.74. The average molecular weight is 276 g/mol. The van der Waals surface area contributed by atoms with Crippen LogP contribution in [0.25, 0.3) is 0 Å². The van der Waals surface area contributed by atoms with Gasteiger partial charge < -0.3 is 25.1 Å². The lowest BCUT2D eigenvalue weighted by Crippen LogP contribution is -2.65. The maximum Gasteiger partial charge on any atom is 0.362 e. The first-order valence-corrected chi connectivity index (χ1v) is 5.01. The van der Waals surface area contributed by atoms with Gasteiger partial charge in [-0.25, -0.2) is 14.4 Å². The van der Waals surface area contributed by atoms with Crippen LogP contribution in [0.2, 0.25) is 0 Å². The molecule has 19 heavy (non-hydrogen) atoms. The van der Waals surface area contributed by atoms with Crippen LogP contribution in [0, 0.1) is 0 Å². The van der Waals surface area contributed by atoms with E-state index in [4.69, 9.17) is 5.11 Å². The van der Waals surface area contributed by atoms with Gasteiger partial charge in [-0.15, -0.1) is 0 Å². The number of carbonyl (C=O) groups is 4. The zero-order valence-corrected chi connectivity index (χ0v) is 10.2. The Balaban J connectivity index is 3.88. The summed E-state index contributed by atoms with van der Waals surface area (Å²) in [6, 6.07) is -1.14. The van der Waals surface area contributed by atoms with Crippen LogP contribution >= 0.6 is 0 Å². The first-order valence-electron chi connectivity index (χ1n) is 5.01. The van der Waals surface area contributed by atoms with E-state index in [0.717, 1.165) is 19.3 Å². The van der Waals surface area contributed by atoms with E-state index < -0.39 is 43.1 Å². The summed E-state index contributed by atoms with van der Waals surface area (Å²) in [4.78, 5) is 43.0. The molecule has 9 heteroatoms. The minimum atomic E-state index is -1.24. The maximum atomic E-state index is 11.0. The molecule has 0 radical (unpaired) electrons. The summed E-state index contributed by atoms with van der Waals surface area (Å²) in [7, 11) is 1.14. The number of methoxy groups -OCH3 is 1. The highest BCUT2D eigenvalue weighted by Crippen LogP contribution is 1.92. The van der Waals surface area contributed by atoms with Crippen molar-refractivity contribution >= 4 is 23.9 Å². The standard InChI is InChI=1S/C10H13NO8/c1-17-7(12)2-3-8(13)18-5-19-9(14)4-6(11)10(15)16/h2-3,6H,4-5,11H2,1H3,(H,15,16)/p+1/b3-2+/t6-/m0/s1. The minimum absolute atomic E-state index is 0.440. The third-order valence-corrected chi connectivity index (χ3v) is 1.74. The molecule has 0 aliphatic rings. The number of ether oxygens (including phenoxy) is 3. The molecule has 4 N–H and O–H groups in total. The van der Waals surface area contributed by atoms with E-state index in [2.05, 4.69) is 19.9 Å². The number of hydrogen-bond acceptors (Lipinski definition) is 7. The number of carboxylic acids is 1. The molecular formula is C10H14NO8+. The highest BCUT2D eigenvalue weighted by molar-refractivity contribution is 5.91. The van der Waals surface area contributed by atoms with E-state index in [9.17, 15) is 19.2 Å². The first-order chi connectivity index (χ1) is 8.86. The molecule has 0 aromatic heterocycles. The van der Waals surface area contributed by atoms with Crippen LogP contribution < -0.4 is 5.73 Å². The van der Waals surface area contributed by atoms with Crippen LogP contribution in [0.1, 0.15) is 6.42 Å². The second kappa shape index (κ2) is 8.64. The fourth-order valence-electron chi connectivity index (χ4n) is 0.753. The summed E-state index contributed by atoms with van der Waals surface area (Å²) in [6.45, 7) is -0.685. The van der Waals surface area contributed by atoms with Crippen molar-refractivity contribution in [1.29, 1.82) is 0 Å². The largest absolute Gasteiger partial charge is 0.477 e. The van der Waals surface area contributed by atoms with Crippen LogP contribution in [0.3, 0.4) is 0 Å². The maximum absolute atomic E-state index is 11.0. The van der Waals surface area contributed by atoms with Gasteiger partial charge in [0.15, 0.2) is 6.04 Å². The molecule has 0 bridgehead atoms. The summed E-state index contributed by atoms with van der Waals surface area (Å²) < 4.78 is 13.1. The van der Waals surface area contributed by atoms with Crippen molar-refractivity contribution < 1.29 is 44.2 Å². The number of quaternary nitrogens is 1. The predicted molar refractivity (Wildman–Crippen MR) is 57.1 cm³/mol. The van der Waals surface area contributed by atoms with Crippen LogP contribution in [-0.2, 0) is 33.4 Å². The van der Waals surface area contributed by atoms with E-state index in [0.29, 0.717) is 0 Å². The average Bonchev–Trinajstić information content (AvgIpc) is 2.35. The Kier molecular flexibility index (Phi) is 7.54. The van der Waals surface area contributed by atoms with E-state index in [1.807, 2.05) is 0 Å². The Hall–Kier alpha value is -2.42. The van der Waals surface area contributed by atoms with Crippen molar-refractivity contribution in [3.8, 4) is 0 Å². The molecule has 0 spiro atoms. The highest BCUT2D eigenvalue weighted by atomic mass is 16.7. The molecule has 0 fully saturated rings. The quantitative estimate of drug-likeness (QED) is 0.304. The first kappa shape index (κ1) is 16.6. The molecule has 0 heterocycles. The van der Waals surface area contributed by atoms with Gasteiger partial charge in [-0.3, -0.25) is 4.79 Å². The molecule has 0 unspecified atom stereocenters. The Morgan fingerprint density at radius 3 is 2.26 bits per heavy atom. The van der Waals surface area contributed by atoms with Crippen molar-refractivity contribution in [3.05, 3.63) is 12.2 Å². The molecule has 1 atom stereocenters. The lowest BCUT2D eigenvalue weighted by Gasteiger charge is -2.05. The zero-order valence-electron chi connectivity index (χ0n) is 10.2. The van der Waals surface area contributed by atoms with Crippen LogP contribution in [0.5, 0.6) is 0 Å². The molecule has 0 saturated heterocycles. The third kappa shape index (κ3) is 8.32. The topological polar surface area (TPSA) is 144 Å². The Bertz CT molecular complexity index is 389. The monoisotopic (exact) mass is 276 g/mol. The van der Waals surface area contributed by atoms with Gasteiger partial charge in [0, 0.05) is 12.2 Å². The van der Waals surface area contributed by atoms with Gasteiger partial charge in [-0.1, -0.05) is 0 Å². The van der Waals surface area contributed by atoms with Crippen LogP contribution in [0.4, 0.5) is 0 Å². The fourth-order valence-corrected chi connectivity index (χ4v) is 0.753. The van der Waals surface area contributed by atoms with Crippen LogP contribution in [-0.4, -0.2) is 48.9 Å². The van der Waals surface area contributed by atoms with Gasteiger partial charge in [-0.2, -0.15) is 0 Å². The molecule has 0 aromatic carbocycles. The SMILES string of the molecule is COC(=O)/C=C/C(=O)OCOC(=O)C[C@H]([NH3+])C(=O)O. The number of carbonyl (C=O) groups excluding carboxylic acids is 3. The van der Waals surface area contributed by atoms with E-state index in [-0.39, 0.29) is 0 Å². The molecular weight excluding hydrogens is 262 g/mol. The van der Waals surface area contributed by atoms with Gasteiger partial charge in [-0.05, 0) is 0 Å². The van der Waals surface area contributed by atoms with Crippen molar-refractivity contribution in [2.45, 2.75) is 12.5 Å². The molecule has 0 saturated carbocycles. The highest BCUT2D eigenvalue weighted by Gasteiger charge is 2.21. The zero-order chi connectivity index (χ0) is 14.8. The summed E-state index contributed by atoms with van der Waals surface area (Å²) in [5.41, 5.74) is 3.21. The number of esters is 3. The van der Waals surface area contributed by atoms with Crippen molar-refractivity contribution in [2.24, 2.45) is 0 Å². The Labute approximate surface area is 107 Å². The summed E-state index contributed by atoms with van der Waals surface area (Å²) in [6.07, 6.45) is 1.19. The number of hydrogen-bond donors (Lipinski definition) is 2.